The number of rotatable bonds is 7. The summed E-state index contributed by atoms with van der Waals surface area (Å²) >= 11 is 0. The number of fused-ring (bicyclic) bond motifs is 6. The fraction of sp³-hybridized carbons (Fsp3) is 0.0508. The van der Waals surface area contributed by atoms with E-state index in [1.54, 1.807) is 0 Å². The molecule has 0 atom stereocenters. The van der Waals surface area contributed by atoms with Crippen molar-refractivity contribution in [3.05, 3.63) is 223 Å². The Hall–Kier alpha value is -7.68. The lowest BCUT2D eigenvalue weighted by Crippen LogP contribution is -2.11. The maximum Gasteiger partial charge on any atom is 0.0547 e. The van der Waals surface area contributed by atoms with Crippen molar-refractivity contribution in [3.8, 4) is 27.9 Å². The number of anilines is 3. The lowest BCUT2D eigenvalue weighted by molar-refractivity contribution is 1.18. The van der Waals surface area contributed by atoms with Crippen LogP contribution in [0, 0.1) is 13.8 Å². The summed E-state index contributed by atoms with van der Waals surface area (Å²) in [6.07, 6.45) is 4.37. The van der Waals surface area contributed by atoms with Crippen molar-refractivity contribution in [1.82, 2.24) is 4.57 Å². The van der Waals surface area contributed by atoms with E-state index >= 15 is 0 Å². The molecule has 2 nitrogen and oxygen atoms in total. The quantitative estimate of drug-likeness (QED) is 0.156. The molecule has 2 heteroatoms. The fourth-order valence-electron chi connectivity index (χ4n) is 9.50. The first-order valence-electron chi connectivity index (χ1n) is 21.2. The molecule has 0 aliphatic carbocycles. The third-order valence-electron chi connectivity index (χ3n) is 12.5. The Kier molecular flexibility index (Phi) is 8.86. The van der Waals surface area contributed by atoms with Crippen LogP contribution >= 0.6 is 0 Å². The molecule has 0 radical (unpaired) electrons. The van der Waals surface area contributed by atoms with E-state index in [1.807, 2.05) is 0 Å². The molecule has 10 aromatic carbocycles. The Morgan fingerprint density at radius 2 is 1.16 bits per heavy atom. The van der Waals surface area contributed by atoms with Gasteiger partial charge in [-0.25, -0.2) is 0 Å². The van der Waals surface area contributed by atoms with Gasteiger partial charge in [0.25, 0.3) is 0 Å². The maximum absolute atomic E-state index is 2.45. The van der Waals surface area contributed by atoms with Crippen molar-refractivity contribution in [3.63, 3.8) is 0 Å². The second kappa shape index (κ2) is 14.9. The molecule has 0 aliphatic rings. The van der Waals surface area contributed by atoms with Gasteiger partial charge in [0.15, 0.2) is 0 Å². The highest BCUT2D eigenvalue weighted by Gasteiger charge is 2.21. The molecule has 61 heavy (non-hydrogen) atoms. The van der Waals surface area contributed by atoms with Gasteiger partial charge in [0.2, 0.25) is 0 Å². The highest BCUT2D eigenvalue weighted by atomic mass is 15.1. The number of hydrogen-bond acceptors (Lipinski definition) is 1. The molecule has 1 aromatic heterocycles. The Balaban J connectivity index is 1.13. The molecule has 290 valence electrons. The number of aryl methyl sites for hydroxylation is 2. The SMILES string of the molecule is C/C=C\c1cc(N(c2ccc(-c3ccc4ccccc4c3)cc2)c2cccc(-c3cccc4c3c3cc5ccc(C)cc5cc3n4-c3ccccc3)c2)c2ccccc2c1C. The lowest BCUT2D eigenvalue weighted by Gasteiger charge is -2.28. The zero-order valence-electron chi connectivity index (χ0n) is 34.6. The molecule has 0 saturated heterocycles. The van der Waals surface area contributed by atoms with Gasteiger partial charge in [-0.2, -0.15) is 0 Å². The van der Waals surface area contributed by atoms with Gasteiger partial charge in [-0.3, -0.25) is 0 Å². The smallest absolute Gasteiger partial charge is 0.0547 e. The van der Waals surface area contributed by atoms with Gasteiger partial charge >= 0.3 is 0 Å². The van der Waals surface area contributed by atoms with E-state index in [0.717, 1.165) is 22.7 Å². The molecule has 0 bridgehead atoms. The molecule has 0 amide bonds. The van der Waals surface area contributed by atoms with Crippen molar-refractivity contribution in [1.29, 1.82) is 0 Å². The second-order valence-electron chi connectivity index (χ2n) is 16.2. The minimum Gasteiger partial charge on any atom is -0.310 e. The molecular formula is C59H44N2. The summed E-state index contributed by atoms with van der Waals surface area (Å²) in [5, 5.41) is 9.96. The van der Waals surface area contributed by atoms with E-state index in [1.165, 1.54) is 93.1 Å². The first kappa shape index (κ1) is 36.4. The summed E-state index contributed by atoms with van der Waals surface area (Å²) in [5.74, 6) is 0. The van der Waals surface area contributed by atoms with Crippen LogP contribution < -0.4 is 4.90 Å². The predicted octanol–water partition coefficient (Wildman–Crippen LogP) is 16.7. The Labute approximate surface area is 356 Å². The zero-order valence-corrected chi connectivity index (χ0v) is 34.6. The first-order chi connectivity index (χ1) is 30.0. The third-order valence-corrected chi connectivity index (χ3v) is 12.5. The van der Waals surface area contributed by atoms with Gasteiger partial charge in [-0.15, -0.1) is 0 Å². The number of benzene rings is 10. The standard InChI is InChI=1S/C59H44N2/c1-4-14-43-37-57(54-22-11-10-21-52(54)40(43)3)60(50-31-29-42(30-32-50)45-28-27-41-15-8-9-16-44(41)34-45)51-20-12-17-47(35-51)53-23-13-24-56-59(53)55-36-46-26-25-39(2)33-48(46)38-58(55)61(56)49-18-6-5-7-19-49/h4-38H,1-3H3/b14-4-. The third kappa shape index (κ3) is 6.27. The second-order valence-corrected chi connectivity index (χ2v) is 16.2. The number of nitrogens with zero attached hydrogens (tertiary/aromatic N) is 2. The van der Waals surface area contributed by atoms with Crippen LogP contribution in [-0.4, -0.2) is 4.57 Å². The molecular weight excluding hydrogens is 737 g/mol. The van der Waals surface area contributed by atoms with E-state index in [2.05, 4.69) is 243 Å². The number of para-hydroxylation sites is 1. The molecule has 0 aliphatic heterocycles. The summed E-state index contributed by atoms with van der Waals surface area (Å²) in [6, 6.07) is 73.8. The maximum atomic E-state index is 2.45. The van der Waals surface area contributed by atoms with Crippen molar-refractivity contribution in [2.24, 2.45) is 0 Å². The van der Waals surface area contributed by atoms with Gasteiger partial charge in [0, 0.05) is 33.2 Å². The van der Waals surface area contributed by atoms with Crippen LogP contribution in [0.4, 0.5) is 17.1 Å². The van der Waals surface area contributed by atoms with Gasteiger partial charge in [0.1, 0.15) is 0 Å². The van der Waals surface area contributed by atoms with E-state index in [-0.39, 0.29) is 0 Å². The summed E-state index contributed by atoms with van der Waals surface area (Å²) in [5.41, 5.74) is 15.4. The van der Waals surface area contributed by atoms with E-state index < -0.39 is 0 Å². The molecule has 0 spiro atoms. The highest BCUT2D eigenvalue weighted by molar-refractivity contribution is 6.19. The van der Waals surface area contributed by atoms with Gasteiger partial charge in [-0.05, 0) is 148 Å². The average molecular weight is 781 g/mol. The van der Waals surface area contributed by atoms with Crippen LogP contribution in [0.3, 0.4) is 0 Å². The van der Waals surface area contributed by atoms with Crippen LogP contribution in [0.5, 0.6) is 0 Å². The van der Waals surface area contributed by atoms with E-state index in [4.69, 9.17) is 0 Å². The summed E-state index contributed by atoms with van der Waals surface area (Å²) in [6.45, 7) is 6.51. The van der Waals surface area contributed by atoms with Gasteiger partial charge in [0.05, 0.1) is 16.7 Å². The van der Waals surface area contributed by atoms with Crippen molar-refractivity contribution >= 4 is 77.3 Å². The molecule has 0 saturated carbocycles. The number of aromatic nitrogens is 1. The monoisotopic (exact) mass is 780 g/mol. The minimum atomic E-state index is 1.10. The lowest BCUT2D eigenvalue weighted by atomic mass is 9.95. The Morgan fingerprint density at radius 3 is 2.00 bits per heavy atom. The molecule has 0 N–H and O–H groups in total. The molecule has 0 unspecified atom stereocenters. The molecule has 0 fully saturated rings. The van der Waals surface area contributed by atoms with Gasteiger partial charge in [-0.1, -0.05) is 151 Å². The predicted molar refractivity (Wildman–Crippen MR) is 263 cm³/mol. The van der Waals surface area contributed by atoms with Crippen molar-refractivity contribution in [2.45, 2.75) is 20.8 Å². The van der Waals surface area contributed by atoms with Crippen LogP contribution in [0.25, 0.3) is 88.1 Å². The normalized spacial score (nSPS) is 11.8. The summed E-state index contributed by atoms with van der Waals surface area (Å²) in [4.78, 5) is 2.45. The van der Waals surface area contributed by atoms with E-state index in [0.29, 0.717) is 0 Å². The zero-order chi connectivity index (χ0) is 41.0. The van der Waals surface area contributed by atoms with Crippen LogP contribution in [0.15, 0.2) is 206 Å². The number of allylic oxidation sites excluding steroid dienone is 1. The minimum absolute atomic E-state index is 1.10. The molecule has 1 heterocycles. The number of hydrogen-bond donors (Lipinski definition) is 0. The molecule has 11 aromatic rings. The molecule has 11 rings (SSSR count). The van der Waals surface area contributed by atoms with Crippen LogP contribution in [-0.2, 0) is 0 Å². The summed E-state index contributed by atoms with van der Waals surface area (Å²) in [7, 11) is 0. The van der Waals surface area contributed by atoms with Gasteiger partial charge < -0.3 is 9.47 Å². The largest absolute Gasteiger partial charge is 0.310 e. The fourth-order valence-corrected chi connectivity index (χ4v) is 9.50. The Morgan fingerprint density at radius 1 is 0.443 bits per heavy atom. The van der Waals surface area contributed by atoms with E-state index in [9.17, 15) is 0 Å². The Bertz CT molecular complexity index is 3500. The van der Waals surface area contributed by atoms with Crippen LogP contribution in [0.1, 0.15) is 23.6 Å². The van der Waals surface area contributed by atoms with Crippen molar-refractivity contribution in [2.75, 3.05) is 4.90 Å². The van der Waals surface area contributed by atoms with Crippen LogP contribution in [0.2, 0.25) is 0 Å². The highest BCUT2D eigenvalue weighted by Crippen LogP contribution is 2.45. The first-order valence-corrected chi connectivity index (χ1v) is 21.2. The van der Waals surface area contributed by atoms with Crippen molar-refractivity contribution < 1.29 is 0 Å². The topological polar surface area (TPSA) is 8.17 Å². The summed E-state index contributed by atoms with van der Waals surface area (Å²) < 4.78 is 2.43. The average Bonchev–Trinajstić information content (AvgIpc) is 3.63.